The van der Waals surface area contributed by atoms with Gasteiger partial charge in [0.1, 0.15) is 34.8 Å². The third-order valence-electron chi connectivity index (χ3n) is 10.0. The van der Waals surface area contributed by atoms with E-state index in [-0.39, 0.29) is 42.5 Å². The number of carbonyl (C=O) groups is 4. The van der Waals surface area contributed by atoms with Crippen LogP contribution in [0.1, 0.15) is 75.5 Å². The number of aromatic nitrogens is 8. The molecule has 0 fully saturated rings. The standard InChI is InChI=1S/C39H47N13O5/c1-8-50-29(16-22(3)45-50)36(55)43-38-42-33-27(48(7)32(53)20-47(5)6)13-10-14-28(33)49(38)15-11-12-25-21-57-31-19-24(35(40)54)18-26-34(31)52(25)39(41-26)44-37(56)30-17-23(4)46-51(30)9-2/h10,13-14,16-19,25H,8-9,11-12,15,20-21H2,1-7H3,(H2,40,54)(H,41,44,56)(H,42,43,55)/t25-/m0/s1. The number of rotatable bonds is 14. The number of imidazole rings is 2. The molecule has 6 aromatic rings. The molecule has 0 radical (unpaired) electrons. The fourth-order valence-corrected chi connectivity index (χ4v) is 7.35. The Morgan fingerprint density at radius 2 is 1.54 bits per heavy atom. The number of anilines is 3. The summed E-state index contributed by atoms with van der Waals surface area (Å²) in [6, 6.07) is 12.0. The van der Waals surface area contributed by atoms with E-state index in [0.29, 0.717) is 89.4 Å². The maximum absolute atomic E-state index is 13.7. The molecule has 0 saturated heterocycles. The van der Waals surface area contributed by atoms with Crippen molar-refractivity contribution in [2.45, 2.75) is 66.2 Å². The summed E-state index contributed by atoms with van der Waals surface area (Å²) >= 11 is 0. The minimum atomic E-state index is -0.623. The summed E-state index contributed by atoms with van der Waals surface area (Å²) in [4.78, 5) is 65.8. The number of primary amides is 1. The molecule has 4 amide bonds. The predicted molar refractivity (Wildman–Crippen MR) is 215 cm³/mol. The number of benzene rings is 2. The second-order valence-corrected chi connectivity index (χ2v) is 14.4. The molecule has 2 aromatic carbocycles. The molecular formula is C39H47N13O5. The van der Waals surface area contributed by atoms with Crippen molar-refractivity contribution in [1.29, 1.82) is 0 Å². The molecule has 18 heteroatoms. The smallest absolute Gasteiger partial charge is 0.276 e. The van der Waals surface area contributed by atoms with E-state index < -0.39 is 5.91 Å². The maximum atomic E-state index is 13.7. The van der Waals surface area contributed by atoms with Gasteiger partial charge in [-0.25, -0.2) is 9.97 Å². The van der Waals surface area contributed by atoms with Crippen LogP contribution in [-0.2, 0) is 24.4 Å². The number of hydrogen-bond donors (Lipinski definition) is 3. The van der Waals surface area contributed by atoms with Crippen LogP contribution in [-0.4, -0.2) is 101 Å². The number of nitrogens with two attached hydrogens (primary N) is 1. The molecule has 298 valence electrons. The Balaban J connectivity index is 1.23. The van der Waals surface area contributed by atoms with E-state index in [1.165, 1.54) is 0 Å². The van der Waals surface area contributed by atoms with Crippen molar-refractivity contribution in [2.24, 2.45) is 5.73 Å². The monoisotopic (exact) mass is 777 g/mol. The zero-order chi connectivity index (χ0) is 40.7. The normalized spacial score (nSPS) is 13.6. The fourth-order valence-electron chi connectivity index (χ4n) is 7.35. The van der Waals surface area contributed by atoms with Gasteiger partial charge >= 0.3 is 0 Å². The summed E-state index contributed by atoms with van der Waals surface area (Å²) in [6.07, 6.45) is 1.14. The van der Waals surface area contributed by atoms with Gasteiger partial charge in [-0.3, -0.25) is 39.2 Å². The first-order valence-corrected chi connectivity index (χ1v) is 18.9. The van der Waals surface area contributed by atoms with E-state index in [0.717, 1.165) is 11.2 Å². The Labute approximate surface area is 328 Å². The summed E-state index contributed by atoms with van der Waals surface area (Å²) in [5, 5.41) is 14.9. The van der Waals surface area contributed by atoms with E-state index in [2.05, 4.69) is 20.8 Å². The molecule has 0 bridgehead atoms. The van der Waals surface area contributed by atoms with E-state index in [1.807, 2.05) is 69.1 Å². The fraction of sp³-hybridized carbons (Fsp3) is 0.385. The number of amides is 4. The van der Waals surface area contributed by atoms with Gasteiger partial charge in [0.25, 0.3) is 11.8 Å². The first-order valence-electron chi connectivity index (χ1n) is 18.9. The second kappa shape index (κ2) is 15.5. The van der Waals surface area contributed by atoms with Crippen LogP contribution in [0.25, 0.3) is 22.1 Å². The quantitative estimate of drug-likeness (QED) is 0.145. The molecule has 4 N–H and O–H groups in total. The lowest BCUT2D eigenvalue weighted by atomic mass is 10.1. The number of fused-ring (bicyclic) bond motifs is 1. The Kier molecular flexibility index (Phi) is 10.5. The maximum Gasteiger partial charge on any atom is 0.276 e. The zero-order valence-electron chi connectivity index (χ0n) is 33.2. The van der Waals surface area contributed by atoms with Crippen molar-refractivity contribution in [3.8, 4) is 5.75 Å². The highest BCUT2D eigenvalue weighted by atomic mass is 16.5. The Bertz CT molecular complexity index is 2540. The number of carbonyl (C=O) groups excluding carboxylic acids is 4. The van der Waals surface area contributed by atoms with E-state index >= 15 is 0 Å². The number of aryl methyl sites for hydroxylation is 5. The molecule has 5 heterocycles. The van der Waals surface area contributed by atoms with Crippen LogP contribution in [0, 0.1) is 13.8 Å². The topological polar surface area (TPSA) is 205 Å². The van der Waals surface area contributed by atoms with Gasteiger partial charge in [-0.05, 0) is 91.0 Å². The van der Waals surface area contributed by atoms with Crippen LogP contribution in [0.4, 0.5) is 17.6 Å². The van der Waals surface area contributed by atoms with Crippen molar-refractivity contribution < 1.29 is 23.9 Å². The van der Waals surface area contributed by atoms with Crippen LogP contribution in [0.3, 0.4) is 0 Å². The Hall–Kier alpha value is -6.56. The molecule has 4 aromatic heterocycles. The molecule has 57 heavy (non-hydrogen) atoms. The van der Waals surface area contributed by atoms with Crippen LogP contribution in [0.5, 0.6) is 5.75 Å². The lowest BCUT2D eigenvalue weighted by molar-refractivity contribution is -0.118. The Morgan fingerprint density at radius 3 is 2.16 bits per heavy atom. The molecule has 1 aliphatic rings. The number of nitrogens with zero attached hydrogens (tertiary/aromatic N) is 10. The van der Waals surface area contributed by atoms with Crippen molar-refractivity contribution in [2.75, 3.05) is 49.8 Å². The Morgan fingerprint density at radius 1 is 0.895 bits per heavy atom. The highest BCUT2D eigenvalue weighted by Crippen LogP contribution is 2.39. The number of ether oxygens (including phenoxy) is 1. The first-order chi connectivity index (χ1) is 27.3. The molecule has 0 saturated carbocycles. The molecule has 7 rings (SSSR count). The summed E-state index contributed by atoms with van der Waals surface area (Å²) in [5.41, 5.74) is 11.1. The van der Waals surface area contributed by atoms with Gasteiger partial charge in [-0.15, -0.1) is 0 Å². The van der Waals surface area contributed by atoms with Gasteiger partial charge in [-0.2, -0.15) is 10.2 Å². The third kappa shape index (κ3) is 7.42. The van der Waals surface area contributed by atoms with Crippen LogP contribution < -0.4 is 26.0 Å². The molecule has 0 spiro atoms. The first kappa shape index (κ1) is 38.7. The van der Waals surface area contributed by atoms with Gasteiger partial charge in [0.05, 0.1) is 40.7 Å². The van der Waals surface area contributed by atoms with Crippen LogP contribution in [0.15, 0.2) is 42.5 Å². The van der Waals surface area contributed by atoms with E-state index in [1.54, 1.807) is 50.5 Å². The second-order valence-electron chi connectivity index (χ2n) is 14.4. The molecule has 1 aliphatic heterocycles. The predicted octanol–water partition coefficient (Wildman–Crippen LogP) is 3.98. The highest BCUT2D eigenvalue weighted by molar-refractivity contribution is 6.06. The zero-order valence-corrected chi connectivity index (χ0v) is 33.2. The van der Waals surface area contributed by atoms with Gasteiger partial charge in [-0.1, -0.05) is 6.07 Å². The molecule has 0 aliphatic carbocycles. The van der Waals surface area contributed by atoms with Gasteiger partial charge in [0.15, 0.2) is 0 Å². The minimum Gasteiger partial charge on any atom is -0.489 e. The summed E-state index contributed by atoms with van der Waals surface area (Å²) in [7, 11) is 5.38. The molecule has 0 unspecified atom stereocenters. The summed E-state index contributed by atoms with van der Waals surface area (Å²) < 4.78 is 13.4. The third-order valence-corrected chi connectivity index (χ3v) is 10.0. The van der Waals surface area contributed by atoms with Crippen molar-refractivity contribution in [3.05, 3.63) is 70.8 Å². The summed E-state index contributed by atoms with van der Waals surface area (Å²) in [5.74, 6) is -0.412. The van der Waals surface area contributed by atoms with Crippen molar-refractivity contribution in [3.63, 3.8) is 0 Å². The van der Waals surface area contributed by atoms with E-state index in [4.69, 9.17) is 20.4 Å². The minimum absolute atomic E-state index is 0.112. The van der Waals surface area contributed by atoms with Crippen LogP contribution in [0.2, 0.25) is 0 Å². The average molecular weight is 778 g/mol. The van der Waals surface area contributed by atoms with Gasteiger partial charge < -0.3 is 29.4 Å². The lowest BCUT2D eigenvalue weighted by Crippen LogP contribution is -2.35. The van der Waals surface area contributed by atoms with Gasteiger partial charge in [0, 0.05) is 32.2 Å². The largest absolute Gasteiger partial charge is 0.489 e. The summed E-state index contributed by atoms with van der Waals surface area (Å²) in [6.45, 7) is 9.37. The molecule has 18 nitrogen and oxygen atoms in total. The van der Waals surface area contributed by atoms with Crippen molar-refractivity contribution in [1.82, 2.24) is 43.6 Å². The van der Waals surface area contributed by atoms with E-state index in [9.17, 15) is 19.2 Å². The molecular weight excluding hydrogens is 731 g/mol. The number of para-hydroxylation sites is 1. The average Bonchev–Trinajstić information content (AvgIpc) is 3.94. The number of hydrogen-bond acceptors (Lipinski definition) is 10. The number of likely N-dealkylation sites (N-methyl/N-ethyl adjacent to an activating group) is 2. The van der Waals surface area contributed by atoms with Crippen LogP contribution >= 0.6 is 0 Å². The van der Waals surface area contributed by atoms with Crippen molar-refractivity contribution >= 4 is 63.3 Å². The highest BCUT2D eigenvalue weighted by Gasteiger charge is 2.30. The lowest BCUT2D eigenvalue weighted by Gasteiger charge is -2.27. The molecule has 1 atom stereocenters. The number of nitrogens with one attached hydrogen (secondary N) is 2. The SMILES string of the molecule is CCn1nc(C)cc1C(=O)Nc1nc2c(N(C)C(=O)CN(C)C)cccc2n1CCC[C@H]1COc2cc(C(N)=O)cc3nc(NC(=O)c4cc(C)nn4CC)n1c23. The van der Waals surface area contributed by atoms with Gasteiger partial charge in [0.2, 0.25) is 23.7 Å².